The number of carbonyl (C=O) groups is 1. The van der Waals surface area contributed by atoms with Crippen LogP contribution in [0.2, 0.25) is 0 Å². The molecule has 1 amide bonds. The number of nitrogen functional groups attached to an aromatic ring is 1. The largest absolute Gasteiger partial charge is 0.381 e. The van der Waals surface area contributed by atoms with Crippen molar-refractivity contribution in [2.45, 2.75) is 13.0 Å². The number of hydrogen-bond acceptors (Lipinski definition) is 6. The maximum absolute atomic E-state index is 13.4. The van der Waals surface area contributed by atoms with E-state index in [1.54, 1.807) is 40.7 Å². The standard InChI is InChI=1S/C29H23N7OS/c1-18(33-29(37)25-27(30)34-36-14-6-13-31-28(25)36)26-24(21-7-4-3-5-8-21)22-15-19(11-12-23(22)38-26)9-10-20-16-32-35(2)17-20/h3-8,11-18H,1-2H3,(H2,30,34)(H,33,37). The van der Waals surface area contributed by atoms with E-state index in [0.717, 1.165) is 37.2 Å². The van der Waals surface area contributed by atoms with Crippen molar-refractivity contribution in [1.82, 2.24) is 29.7 Å². The van der Waals surface area contributed by atoms with Crippen molar-refractivity contribution in [3.05, 3.63) is 101 Å². The van der Waals surface area contributed by atoms with Crippen molar-refractivity contribution >= 4 is 38.8 Å². The van der Waals surface area contributed by atoms with E-state index in [1.807, 2.05) is 44.4 Å². The van der Waals surface area contributed by atoms with E-state index < -0.39 is 0 Å². The van der Waals surface area contributed by atoms with Gasteiger partial charge < -0.3 is 11.1 Å². The maximum atomic E-state index is 13.4. The van der Waals surface area contributed by atoms with Gasteiger partial charge in [0, 0.05) is 51.7 Å². The van der Waals surface area contributed by atoms with Crippen molar-refractivity contribution in [3.8, 4) is 23.0 Å². The van der Waals surface area contributed by atoms with Crippen molar-refractivity contribution in [2.24, 2.45) is 7.05 Å². The summed E-state index contributed by atoms with van der Waals surface area (Å²) in [4.78, 5) is 18.7. The fraction of sp³-hybridized carbons (Fsp3) is 0.103. The summed E-state index contributed by atoms with van der Waals surface area (Å²) in [6.07, 6.45) is 6.97. The van der Waals surface area contributed by atoms with Gasteiger partial charge in [-0.25, -0.2) is 9.50 Å². The first-order chi connectivity index (χ1) is 18.5. The summed E-state index contributed by atoms with van der Waals surface area (Å²) in [5, 5.41) is 12.6. The number of aromatic nitrogens is 5. The Hall–Kier alpha value is -4.94. The second-order valence-electron chi connectivity index (χ2n) is 8.91. The Labute approximate surface area is 222 Å². The first-order valence-electron chi connectivity index (χ1n) is 12.0. The average Bonchev–Trinajstić information content (AvgIpc) is 3.61. The fourth-order valence-electron chi connectivity index (χ4n) is 4.49. The lowest BCUT2D eigenvalue weighted by atomic mass is 9.98. The van der Waals surface area contributed by atoms with Crippen LogP contribution in [0.5, 0.6) is 0 Å². The fourth-order valence-corrected chi connectivity index (χ4v) is 5.70. The number of nitrogens with two attached hydrogens (primary N) is 1. The number of rotatable bonds is 4. The third-order valence-corrected chi connectivity index (χ3v) is 7.58. The zero-order valence-electron chi connectivity index (χ0n) is 20.7. The molecule has 4 aromatic heterocycles. The van der Waals surface area contributed by atoms with Crippen LogP contribution < -0.4 is 11.1 Å². The lowest BCUT2D eigenvalue weighted by Gasteiger charge is -2.15. The van der Waals surface area contributed by atoms with Gasteiger partial charge in [-0.05, 0) is 36.8 Å². The number of thiophene rings is 1. The minimum atomic E-state index is -0.316. The van der Waals surface area contributed by atoms with E-state index >= 15 is 0 Å². The molecule has 0 aliphatic carbocycles. The van der Waals surface area contributed by atoms with Gasteiger partial charge in [-0.15, -0.1) is 16.4 Å². The van der Waals surface area contributed by atoms with Gasteiger partial charge in [-0.3, -0.25) is 9.48 Å². The van der Waals surface area contributed by atoms with Gasteiger partial charge in [-0.2, -0.15) is 5.10 Å². The first-order valence-corrected chi connectivity index (χ1v) is 12.8. The number of anilines is 1. The molecule has 186 valence electrons. The molecule has 0 spiro atoms. The van der Waals surface area contributed by atoms with Gasteiger partial charge in [0.25, 0.3) is 5.91 Å². The normalized spacial score (nSPS) is 11.8. The quantitative estimate of drug-likeness (QED) is 0.327. The average molecular weight is 518 g/mol. The SMILES string of the molecule is CC(NC(=O)c1c(N)nn2cccnc12)c1sc2ccc(C#Cc3cnn(C)c3)cc2c1-c1ccccc1. The van der Waals surface area contributed by atoms with Crippen molar-refractivity contribution in [2.75, 3.05) is 5.73 Å². The number of aryl methyl sites for hydroxylation is 1. The number of carbonyl (C=O) groups excluding carboxylic acids is 1. The Bertz CT molecular complexity index is 1870. The molecular formula is C29H23N7OS. The highest BCUT2D eigenvalue weighted by Crippen LogP contribution is 2.42. The molecule has 0 radical (unpaired) electrons. The Morgan fingerprint density at radius 3 is 2.71 bits per heavy atom. The number of fused-ring (bicyclic) bond motifs is 2. The van der Waals surface area contributed by atoms with Crippen LogP contribution in [0.25, 0.3) is 26.9 Å². The molecule has 0 aliphatic heterocycles. The molecule has 9 heteroatoms. The summed E-state index contributed by atoms with van der Waals surface area (Å²) in [6, 6.07) is 17.9. The molecule has 38 heavy (non-hydrogen) atoms. The summed E-state index contributed by atoms with van der Waals surface area (Å²) >= 11 is 1.66. The molecule has 0 aliphatic rings. The summed E-state index contributed by atoms with van der Waals surface area (Å²) in [6.45, 7) is 1.98. The van der Waals surface area contributed by atoms with Gasteiger partial charge in [0.15, 0.2) is 11.5 Å². The van der Waals surface area contributed by atoms with Gasteiger partial charge in [0.05, 0.1) is 17.8 Å². The minimum absolute atomic E-state index is 0.143. The molecule has 2 aromatic carbocycles. The summed E-state index contributed by atoms with van der Waals surface area (Å²) in [7, 11) is 1.87. The van der Waals surface area contributed by atoms with Gasteiger partial charge in [-0.1, -0.05) is 42.2 Å². The molecular weight excluding hydrogens is 494 g/mol. The zero-order chi connectivity index (χ0) is 26.2. The van der Waals surface area contributed by atoms with Gasteiger partial charge in [0.2, 0.25) is 0 Å². The first kappa shape index (κ1) is 23.5. The molecule has 0 saturated carbocycles. The monoisotopic (exact) mass is 517 g/mol. The zero-order valence-corrected chi connectivity index (χ0v) is 21.5. The van der Waals surface area contributed by atoms with E-state index in [-0.39, 0.29) is 23.3 Å². The number of benzene rings is 2. The van der Waals surface area contributed by atoms with Gasteiger partial charge in [0.1, 0.15) is 5.56 Å². The molecule has 0 fully saturated rings. The van der Waals surface area contributed by atoms with Crippen molar-refractivity contribution < 1.29 is 4.79 Å². The Kier molecular flexibility index (Phi) is 5.86. The maximum Gasteiger partial charge on any atom is 0.259 e. The molecule has 4 heterocycles. The Morgan fingerprint density at radius 2 is 1.92 bits per heavy atom. The third kappa shape index (κ3) is 4.27. The number of nitrogens with zero attached hydrogens (tertiary/aromatic N) is 5. The van der Waals surface area contributed by atoms with E-state index in [1.165, 1.54) is 4.52 Å². The number of amides is 1. The number of nitrogens with one attached hydrogen (secondary N) is 1. The summed E-state index contributed by atoms with van der Waals surface area (Å²) in [5.41, 5.74) is 10.7. The van der Waals surface area contributed by atoms with Crippen LogP contribution in [0, 0.1) is 11.8 Å². The lowest BCUT2D eigenvalue weighted by molar-refractivity contribution is 0.0943. The topological polar surface area (TPSA) is 103 Å². The van der Waals surface area contributed by atoms with Crippen LogP contribution in [-0.2, 0) is 7.05 Å². The van der Waals surface area contributed by atoms with Crippen LogP contribution in [-0.4, -0.2) is 30.3 Å². The van der Waals surface area contributed by atoms with Crippen LogP contribution in [0.4, 0.5) is 5.82 Å². The molecule has 0 bridgehead atoms. The molecule has 3 N–H and O–H groups in total. The second-order valence-corrected chi connectivity index (χ2v) is 10.00. The molecule has 6 rings (SSSR count). The van der Waals surface area contributed by atoms with Crippen LogP contribution in [0.1, 0.15) is 39.3 Å². The predicted molar refractivity (Wildman–Crippen MR) is 150 cm³/mol. The van der Waals surface area contributed by atoms with E-state index in [0.29, 0.717) is 5.65 Å². The summed E-state index contributed by atoms with van der Waals surface area (Å²) in [5.74, 6) is 6.27. The van der Waals surface area contributed by atoms with Crippen LogP contribution >= 0.6 is 11.3 Å². The van der Waals surface area contributed by atoms with Crippen LogP contribution in [0.15, 0.2) is 79.4 Å². The van der Waals surface area contributed by atoms with Crippen molar-refractivity contribution in [1.29, 1.82) is 0 Å². The van der Waals surface area contributed by atoms with E-state index in [4.69, 9.17) is 5.73 Å². The van der Waals surface area contributed by atoms with Crippen molar-refractivity contribution in [3.63, 3.8) is 0 Å². The Morgan fingerprint density at radius 1 is 1.11 bits per heavy atom. The van der Waals surface area contributed by atoms with E-state index in [9.17, 15) is 4.79 Å². The third-order valence-electron chi connectivity index (χ3n) is 6.22. The highest BCUT2D eigenvalue weighted by Gasteiger charge is 2.24. The molecule has 1 atom stereocenters. The molecule has 8 nitrogen and oxygen atoms in total. The highest BCUT2D eigenvalue weighted by atomic mass is 32.1. The predicted octanol–water partition coefficient (Wildman–Crippen LogP) is 4.82. The van der Waals surface area contributed by atoms with Crippen LogP contribution in [0.3, 0.4) is 0 Å². The molecule has 6 aromatic rings. The minimum Gasteiger partial charge on any atom is -0.381 e. The van der Waals surface area contributed by atoms with E-state index in [2.05, 4.69) is 56.6 Å². The van der Waals surface area contributed by atoms with Gasteiger partial charge >= 0.3 is 0 Å². The lowest BCUT2D eigenvalue weighted by Crippen LogP contribution is -2.27. The Balaban J connectivity index is 1.40. The smallest absolute Gasteiger partial charge is 0.259 e. The summed E-state index contributed by atoms with van der Waals surface area (Å²) < 4.78 is 4.36. The second kappa shape index (κ2) is 9.50. The highest BCUT2D eigenvalue weighted by molar-refractivity contribution is 7.19. The number of hydrogen-bond donors (Lipinski definition) is 2. The molecule has 1 unspecified atom stereocenters. The molecule has 0 saturated heterocycles.